The summed E-state index contributed by atoms with van der Waals surface area (Å²) in [5.74, 6) is -1.08. The van der Waals surface area contributed by atoms with Gasteiger partial charge in [0.15, 0.2) is 5.65 Å². The van der Waals surface area contributed by atoms with Crippen LogP contribution in [0.25, 0.3) is 28.0 Å². The second-order valence-electron chi connectivity index (χ2n) is 9.10. The molecule has 0 radical (unpaired) electrons. The van der Waals surface area contributed by atoms with Crippen molar-refractivity contribution in [2.24, 2.45) is 0 Å². The van der Waals surface area contributed by atoms with Crippen molar-refractivity contribution in [3.05, 3.63) is 112 Å². The molecule has 0 saturated carbocycles. The maximum absolute atomic E-state index is 14.7. The van der Waals surface area contributed by atoms with Gasteiger partial charge >= 0.3 is 0 Å². The lowest BCUT2D eigenvalue weighted by Gasteiger charge is -2.35. The van der Waals surface area contributed by atoms with E-state index in [-0.39, 0.29) is 17.6 Å². The summed E-state index contributed by atoms with van der Waals surface area (Å²) in [6.45, 7) is 2.57. The Balaban J connectivity index is 1.49. The first kappa shape index (κ1) is 23.5. The molecule has 6 rings (SSSR count). The van der Waals surface area contributed by atoms with E-state index in [0.29, 0.717) is 39.0 Å². The third-order valence-electron chi connectivity index (χ3n) is 6.84. The Labute approximate surface area is 220 Å². The topological polar surface area (TPSA) is 50.5 Å². The zero-order valence-electron chi connectivity index (χ0n) is 19.8. The van der Waals surface area contributed by atoms with Crippen LogP contribution < -0.4 is 0 Å². The molecular formula is C29H21BrF2N4O. The van der Waals surface area contributed by atoms with Crippen molar-refractivity contribution in [2.45, 2.75) is 19.4 Å². The monoisotopic (exact) mass is 558 g/mol. The Morgan fingerprint density at radius 2 is 1.84 bits per heavy atom. The fourth-order valence-electron chi connectivity index (χ4n) is 4.97. The Kier molecular flexibility index (Phi) is 5.83. The lowest BCUT2D eigenvalue weighted by atomic mass is 9.93. The predicted molar refractivity (Wildman–Crippen MR) is 141 cm³/mol. The second-order valence-corrected chi connectivity index (χ2v) is 10.0. The molecule has 8 heteroatoms. The molecule has 0 aliphatic carbocycles. The molecule has 1 aliphatic rings. The average Bonchev–Trinajstić information content (AvgIpc) is 3.32. The van der Waals surface area contributed by atoms with E-state index in [4.69, 9.17) is 0 Å². The number of carbonyl (C=O) groups is 1. The van der Waals surface area contributed by atoms with Gasteiger partial charge in [-0.05, 0) is 66.4 Å². The van der Waals surface area contributed by atoms with Crippen LogP contribution in [-0.4, -0.2) is 31.9 Å². The highest BCUT2D eigenvalue weighted by Crippen LogP contribution is 2.33. The third-order valence-corrected chi connectivity index (χ3v) is 7.34. The van der Waals surface area contributed by atoms with Gasteiger partial charge in [0.05, 0.1) is 17.9 Å². The number of aromatic nitrogens is 3. The van der Waals surface area contributed by atoms with Crippen molar-refractivity contribution < 1.29 is 13.6 Å². The van der Waals surface area contributed by atoms with Gasteiger partial charge in [0, 0.05) is 22.1 Å². The zero-order valence-corrected chi connectivity index (χ0v) is 21.4. The minimum Gasteiger partial charge on any atom is -0.330 e. The molecular weight excluding hydrogens is 538 g/mol. The van der Waals surface area contributed by atoms with Gasteiger partial charge in [-0.2, -0.15) is 5.10 Å². The number of rotatable bonds is 3. The Hall–Kier alpha value is -3.91. The summed E-state index contributed by atoms with van der Waals surface area (Å²) in [7, 11) is 0. The lowest BCUT2D eigenvalue weighted by molar-refractivity contribution is 0.0670. The van der Waals surface area contributed by atoms with E-state index in [0.717, 1.165) is 12.0 Å². The normalized spacial score (nSPS) is 15.1. The second kappa shape index (κ2) is 9.19. The number of halogens is 3. The quantitative estimate of drug-likeness (QED) is 0.243. The summed E-state index contributed by atoms with van der Waals surface area (Å²) >= 11 is 3.28. The molecule has 3 heterocycles. The van der Waals surface area contributed by atoms with Crippen molar-refractivity contribution >= 4 is 27.5 Å². The fourth-order valence-corrected chi connectivity index (χ4v) is 5.31. The van der Waals surface area contributed by atoms with Crippen LogP contribution >= 0.6 is 15.9 Å². The molecule has 1 aliphatic heterocycles. The molecule has 0 N–H and O–H groups in total. The highest BCUT2D eigenvalue weighted by molar-refractivity contribution is 9.10. The molecule has 3 aromatic carbocycles. The Bertz CT molecular complexity index is 1680. The van der Waals surface area contributed by atoms with Crippen LogP contribution in [0.15, 0.2) is 83.5 Å². The summed E-state index contributed by atoms with van der Waals surface area (Å²) in [5.41, 5.74) is 4.70. The van der Waals surface area contributed by atoms with Crippen LogP contribution in [0.1, 0.15) is 34.6 Å². The first-order chi connectivity index (χ1) is 17.9. The van der Waals surface area contributed by atoms with Gasteiger partial charge in [-0.15, -0.1) is 0 Å². The summed E-state index contributed by atoms with van der Waals surface area (Å²) in [6.07, 6.45) is 2.35. The highest BCUT2D eigenvalue weighted by atomic mass is 79.9. The Morgan fingerprint density at radius 1 is 1.00 bits per heavy atom. The standard InChI is InChI=1S/C29H21BrF2N4O/c1-17-22-8-3-2-5-18(22)11-12-35(17)29(37)26-15-24(19-6-4-7-21(31)13-19)28-33-27(16-36(28)34-26)23-10-9-20(30)14-25(23)32/h2-10,13-17H,11-12H2,1H3/t17-/m1/s1. The summed E-state index contributed by atoms with van der Waals surface area (Å²) in [4.78, 5) is 20.2. The maximum atomic E-state index is 14.7. The number of fused-ring (bicyclic) bond motifs is 2. The number of imidazole rings is 1. The molecule has 1 atom stereocenters. The number of hydrogen-bond donors (Lipinski definition) is 0. The van der Waals surface area contributed by atoms with Crippen LogP contribution in [0.2, 0.25) is 0 Å². The number of amides is 1. The molecule has 0 fully saturated rings. The van der Waals surface area contributed by atoms with Crippen molar-refractivity contribution in [1.29, 1.82) is 0 Å². The molecule has 1 amide bonds. The molecule has 5 nitrogen and oxygen atoms in total. The molecule has 0 unspecified atom stereocenters. The minimum absolute atomic E-state index is 0.122. The fraction of sp³-hybridized carbons (Fsp3) is 0.138. The first-order valence-electron chi connectivity index (χ1n) is 11.9. The molecule has 37 heavy (non-hydrogen) atoms. The van der Waals surface area contributed by atoms with Crippen molar-refractivity contribution in [3.8, 4) is 22.4 Å². The molecule has 2 aromatic heterocycles. The summed E-state index contributed by atoms with van der Waals surface area (Å²) < 4.78 is 31.0. The lowest BCUT2D eigenvalue weighted by Crippen LogP contribution is -2.39. The smallest absolute Gasteiger partial charge is 0.274 e. The van der Waals surface area contributed by atoms with E-state index in [1.54, 1.807) is 41.4 Å². The first-order valence-corrected chi connectivity index (χ1v) is 12.7. The highest BCUT2D eigenvalue weighted by Gasteiger charge is 2.30. The SMILES string of the molecule is C[C@@H]1c2ccccc2CCN1C(=O)c1cc(-c2cccc(F)c2)c2nc(-c3ccc(Br)cc3F)cn2n1. The molecule has 0 saturated heterocycles. The van der Waals surface area contributed by atoms with Gasteiger partial charge in [0.1, 0.15) is 17.3 Å². The van der Waals surface area contributed by atoms with Crippen molar-refractivity contribution in [1.82, 2.24) is 19.5 Å². The number of carbonyl (C=O) groups excluding carboxylic acids is 1. The van der Waals surface area contributed by atoms with Crippen LogP contribution in [0.5, 0.6) is 0 Å². The van der Waals surface area contributed by atoms with Crippen LogP contribution in [-0.2, 0) is 6.42 Å². The molecule has 0 spiro atoms. The zero-order chi connectivity index (χ0) is 25.7. The minimum atomic E-state index is -0.442. The van der Waals surface area contributed by atoms with Crippen LogP contribution in [0, 0.1) is 11.6 Å². The largest absolute Gasteiger partial charge is 0.330 e. The summed E-state index contributed by atoms with van der Waals surface area (Å²) in [6, 6.07) is 20.5. The number of hydrogen-bond acceptors (Lipinski definition) is 3. The van der Waals surface area contributed by atoms with E-state index < -0.39 is 11.6 Å². The van der Waals surface area contributed by atoms with E-state index >= 15 is 0 Å². The van der Waals surface area contributed by atoms with E-state index in [9.17, 15) is 13.6 Å². The average molecular weight is 559 g/mol. The predicted octanol–water partition coefficient (Wildman–Crippen LogP) is 6.86. The van der Waals surface area contributed by atoms with Gasteiger partial charge in [-0.25, -0.2) is 18.3 Å². The molecule has 0 bridgehead atoms. The van der Waals surface area contributed by atoms with Gasteiger partial charge in [-0.1, -0.05) is 52.3 Å². The third kappa shape index (κ3) is 4.21. The Morgan fingerprint density at radius 3 is 2.65 bits per heavy atom. The number of nitrogens with zero attached hydrogens (tertiary/aromatic N) is 4. The van der Waals surface area contributed by atoms with Gasteiger partial charge in [-0.3, -0.25) is 4.79 Å². The van der Waals surface area contributed by atoms with E-state index in [1.165, 1.54) is 28.3 Å². The summed E-state index contributed by atoms with van der Waals surface area (Å²) in [5, 5.41) is 4.58. The molecule has 184 valence electrons. The van der Waals surface area contributed by atoms with Gasteiger partial charge in [0.2, 0.25) is 0 Å². The van der Waals surface area contributed by atoms with E-state index in [1.807, 2.05) is 25.1 Å². The van der Waals surface area contributed by atoms with Crippen LogP contribution in [0.4, 0.5) is 8.78 Å². The van der Waals surface area contributed by atoms with Crippen LogP contribution in [0.3, 0.4) is 0 Å². The van der Waals surface area contributed by atoms with Crippen molar-refractivity contribution in [3.63, 3.8) is 0 Å². The maximum Gasteiger partial charge on any atom is 0.274 e. The van der Waals surface area contributed by atoms with Gasteiger partial charge < -0.3 is 4.90 Å². The van der Waals surface area contributed by atoms with Gasteiger partial charge in [0.25, 0.3) is 5.91 Å². The number of benzene rings is 3. The van der Waals surface area contributed by atoms with Crippen molar-refractivity contribution in [2.75, 3.05) is 6.54 Å². The molecule has 5 aromatic rings. The van der Waals surface area contributed by atoms with E-state index in [2.05, 4.69) is 32.1 Å².